The highest BCUT2D eigenvalue weighted by molar-refractivity contribution is 6.24. The number of amides is 4. The number of imide groups is 2. The Hall–Kier alpha value is -7.34. The van der Waals surface area contributed by atoms with Gasteiger partial charge in [0.05, 0.1) is 42.2 Å². The fourth-order valence-electron chi connectivity index (χ4n) is 9.86. The van der Waals surface area contributed by atoms with Gasteiger partial charge in [-0.15, -0.1) is 0 Å². The third-order valence-corrected chi connectivity index (χ3v) is 12.6. The number of para-hydroxylation sites is 4. The number of carbonyl (C=O) groups excluding carboxylic acids is 4. The molecule has 59 heavy (non-hydrogen) atoms. The van der Waals surface area contributed by atoms with Crippen molar-refractivity contribution < 1.29 is 37.9 Å². The summed E-state index contributed by atoms with van der Waals surface area (Å²) in [6, 6.07) is 33.7. The first-order valence-electron chi connectivity index (χ1n) is 19.5. The number of methoxy groups -OCH3 is 1. The van der Waals surface area contributed by atoms with E-state index >= 15 is 0 Å². The SMILES string of the molecule is COc1ccc([C@H]2C3=CC[C@@H]4C(=O)N(c5ccc(-c6nc7ccccc7o6)cc5)C(=O)[C@@H]4[C@@H]3C[C@H]3C(=O)N(c4ccc(-c5nc6ccccc6o5)cc4)C(=O)[C@@H]23)c(O)c1. The Morgan fingerprint density at radius 3 is 1.71 bits per heavy atom. The molecule has 2 aromatic heterocycles. The fraction of sp³-hybridized carbons (Fsp3) is 0.191. The smallest absolute Gasteiger partial charge is 0.238 e. The number of benzene rings is 5. The molecule has 0 bridgehead atoms. The van der Waals surface area contributed by atoms with Crippen molar-refractivity contribution in [2.45, 2.75) is 18.8 Å². The van der Waals surface area contributed by atoms with Crippen molar-refractivity contribution in [1.29, 1.82) is 0 Å². The van der Waals surface area contributed by atoms with Crippen LogP contribution >= 0.6 is 0 Å². The van der Waals surface area contributed by atoms with E-state index in [1.165, 1.54) is 23.0 Å². The minimum Gasteiger partial charge on any atom is -0.508 e. The average Bonchev–Trinajstić information content (AvgIpc) is 4.02. The number of aromatic hydroxyl groups is 1. The summed E-state index contributed by atoms with van der Waals surface area (Å²) in [6.07, 6.45) is 2.42. The summed E-state index contributed by atoms with van der Waals surface area (Å²) < 4.78 is 17.3. The third kappa shape index (κ3) is 5.28. The van der Waals surface area contributed by atoms with Crippen LogP contribution in [0.1, 0.15) is 24.3 Å². The lowest BCUT2D eigenvalue weighted by atomic mass is 9.57. The van der Waals surface area contributed by atoms with Crippen LogP contribution in [0.15, 0.2) is 136 Å². The van der Waals surface area contributed by atoms with Crippen LogP contribution in [0.3, 0.4) is 0 Å². The van der Waals surface area contributed by atoms with Gasteiger partial charge in [0.25, 0.3) is 0 Å². The number of carbonyl (C=O) groups is 4. The highest BCUT2D eigenvalue weighted by Crippen LogP contribution is 2.59. The maximum absolute atomic E-state index is 14.7. The lowest BCUT2D eigenvalue weighted by Gasteiger charge is -2.44. The molecule has 7 aromatic rings. The number of oxazole rings is 2. The second kappa shape index (κ2) is 13.1. The fourth-order valence-corrected chi connectivity index (χ4v) is 9.86. The second-order valence-electron chi connectivity index (χ2n) is 15.5. The number of ether oxygens (including phenoxy) is 1. The van der Waals surface area contributed by atoms with Gasteiger partial charge < -0.3 is 18.7 Å². The highest BCUT2D eigenvalue weighted by atomic mass is 16.5. The zero-order chi connectivity index (χ0) is 40.1. The van der Waals surface area contributed by atoms with Crippen LogP contribution < -0.4 is 14.5 Å². The zero-order valence-electron chi connectivity index (χ0n) is 31.5. The summed E-state index contributed by atoms with van der Waals surface area (Å²) in [5.74, 6) is -4.67. The maximum atomic E-state index is 14.7. The monoisotopic (exact) mass is 782 g/mol. The molecule has 3 fully saturated rings. The zero-order valence-corrected chi connectivity index (χ0v) is 31.5. The average molecular weight is 783 g/mol. The van der Waals surface area contributed by atoms with Crippen LogP contribution in [0.2, 0.25) is 0 Å². The lowest BCUT2D eigenvalue weighted by Crippen LogP contribution is -2.43. The molecule has 2 aliphatic heterocycles. The van der Waals surface area contributed by atoms with E-state index in [1.807, 2.05) is 54.6 Å². The topological polar surface area (TPSA) is 156 Å². The van der Waals surface area contributed by atoms with Crippen molar-refractivity contribution in [3.63, 3.8) is 0 Å². The van der Waals surface area contributed by atoms with Crippen LogP contribution in [0, 0.1) is 29.6 Å². The van der Waals surface area contributed by atoms with Crippen molar-refractivity contribution in [3.8, 4) is 34.4 Å². The molecule has 12 heteroatoms. The first kappa shape index (κ1) is 34.9. The molecule has 12 nitrogen and oxygen atoms in total. The standard InChI is InChI=1S/C47H34N4O8/c1-57-28-18-19-30(36(52)22-28)39-29-20-21-31-40(46(55)50(44(31)53)26-14-10-24(11-15-26)42-48-34-6-2-4-8-37(34)58-42)32(29)23-33-41(39)47(56)51(45(33)54)27-16-12-25(13-17-27)43-49-35-7-3-5-9-38(35)59-43/h2-20,22,31-33,39-41,52H,21,23H2,1H3/t31-,32+,33+,39+,40-,41+/m0/s1. The Kier molecular flexibility index (Phi) is 7.74. The van der Waals surface area contributed by atoms with Crippen molar-refractivity contribution >= 4 is 57.2 Å². The molecule has 0 radical (unpaired) electrons. The van der Waals surface area contributed by atoms with Gasteiger partial charge in [0, 0.05) is 28.7 Å². The summed E-state index contributed by atoms with van der Waals surface area (Å²) in [5, 5.41) is 11.5. The molecule has 4 aliphatic rings. The first-order valence-corrected chi connectivity index (χ1v) is 19.5. The van der Waals surface area contributed by atoms with E-state index in [4.69, 9.17) is 13.6 Å². The largest absolute Gasteiger partial charge is 0.508 e. The van der Waals surface area contributed by atoms with E-state index in [9.17, 15) is 24.3 Å². The molecular formula is C47H34N4O8. The molecule has 2 saturated heterocycles. The number of fused-ring (bicyclic) bond motifs is 6. The number of hydrogen-bond acceptors (Lipinski definition) is 10. The summed E-state index contributed by atoms with van der Waals surface area (Å²) in [6.45, 7) is 0. The van der Waals surface area contributed by atoms with Crippen molar-refractivity contribution in [3.05, 3.63) is 132 Å². The van der Waals surface area contributed by atoms with E-state index in [2.05, 4.69) is 9.97 Å². The van der Waals surface area contributed by atoms with E-state index in [0.717, 1.165) is 11.1 Å². The molecule has 290 valence electrons. The van der Waals surface area contributed by atoms with E-state index in [0.29, 0.717) is 62.3 Å². The van der Waals surface area contributed by atoms with Gasteiger partial charge in [-0.1, -0.05) is 42.0 Å². The normalized spacial score (nSPS) is 23.8. The number of rotatable bonds is 6. The Labute approximate surface area is 336 Å². The third-order valence-electron chi connectivity index (χ3n) is 12.6. The summed E-state index contributed by atoms with van der Waals surface area (Å²) in [5.41, 5.74) is 6.15. The van der Waals surface area contributed by atoms with Crippen LogP contribution in [-0.4, -0.2) is 45.8 Å². The van der Waals surface area contributed by atoms with Crippen LogP contribution in [0.5, 0.6) is 11.5 Å². The van der Waals surface area contributed by atoms with E-state index in [1.54, 1.807) is 60.7 Å². The van der Waals surface area contributed by atoms with E-state index < -0.39 is 47.3 Å². The molecule has 4 amide bonds. The first-order chi connectivity index (χ1) is 28.8. The molecular weight excluding hydrogens is 749 g/mol. The molecule has 6 atom stereocenters. The number of aromatic nitrogens is 2. The van der Waals surface area contributed by atoms with Gasteiger partial charge in [-0.3, -0.25) is 29.0 Å². The number of hydrogen-bond donors (Lipinski definition) is 1. The molecule has 2 aliphatic carbocycles. The minimum atomic E-state index is -0.861. The van der Waals surface area contributed by atoms with Gasteiger partial charge >= 0.3 is 0 Å². The van der Waals surface area contributed by atoms with Gasteiger partial charge in [0.2, 0.25) is 35.4 Å². The molecule has 1 saturated carbocycles. The van der Waals surface area contributed by atoms with Crippen LogP contribution in [0.25, 0.3) is 45.1 Å². The highest BCUT2D eigenvalue weighted by Gasteiger charge is 2.62. The molecule has 0 spiro atoms. The molecule has 0 unspecified atom stereocenters. The second-order valence-corrected chi connectivity index (χ2v) is 15.5. The van der Waals surface area contributed by atoms with Gasteiger partial charge in [-0.2, -0.15) is 0 Å². The maximum Gasteiger partial charge on any atom is 0.238 e. The molecule has 11 rings (SSSR count). The van der Waals surface area contributed by atoms with Gasteiger partial charge in [-0.25, -0.2) is 9.97 Å². The molecule has 1 N–H and O–H groups in total. The van der Waals surface area contributed by atoms with Gasteiger partial charge in [-0.05, 0) is 97.6 Å². The number of anilines is 2. The van der Waals surface area contributed by atoms with Gasteiger partial charge in [0.1, 0.15) is 22.5 Å². The summed E-state index contributed by atoms with van der Waals surface area (Å²) in [4.78, 5) is 69.7. The number of allylic oxidation sites excluding steroid dienone is 2. The Balaban J connectivity index is 0.934. The predicted molar refractivity (Wildman–Crippen MR) is 216 cm³/mol. The van der Waals surface area contributed by atoms with Gasteiger partial charge in [0.15, 0.2) is 11.2 Å². The Morgan fingerprint density at radius 1 is 0.627 bits per heavy atom. The Morgan fingerprint density at radius 2 is 1.17 bits per heavy atom. The van der Waals surface area contributed by atoms with E-state index in [-0.39, 0.29) is 30.4 Å². The quantitative estimate of drug-likeness (QED) is 0.129. The number of phenolic OH excluding ortho intramolecular Hbond substituents is 1. The van der Waals surface area contributed by atoms with Crippen molar-refractivity contribution in [1.82, 2.24) is 9.97 Å². The minimum absolute atomic E-state index is 0.0901. The van der Waals surface area contributed by atoms with Crippen molar-refractivity contribution in [2.75, 3.05) is 16.9 Å². The predicted octanol–water partition coefficient (Wildman–Crippen LogP) is 8.06. The summed E-state index contributed by atoms with van der Waals surface area (Å²) >= 11 is 0. The molecule has 5 aromatic carbocycles. The van der Waals surface area contributed by atoms with Crippen molar-refractivity contribution in [2.24, 2.45) is 29.6 Å². The number of phenols is 1. The lowest BCUT2D eigenvalue weighted by molar-refractivity contribution is -0.126. The van der Waals surface area contributed by atoms with Crippen LogP contribution in [0.4, 0.5) is 11.4 Å². The Bertz CT molecular complexity index is 2860. The summed E-state index contributed by atoms with van der Waals surface area (Å²) in [7, 11) is 1.50. The van der Waals surface area contributed by atoms with Crippen LogP contribution in [-0.2, 0) is 19.2 Å². The molecule has 4 heterocycles. The number of nitrogens with zero attached hydrogens (tertiary/aromatic N) is 4.